The van der Waals surface area contributed by atoms with Crippen LogP contribution in [0.2, 0.25) is 0 Å². The second kappa shape index (κ2) is 6.38. The SMILES string of the molecule is CCc1cccc(CC)c1N=C(C)c1ccccc1O. The molecule has 2 heteroatoms. The van der Waals surface area contributed by atoms with E-state index in [0.29, 0.717) is 0 Å². The summed E-state index contributed by atoms with van der Waals surface area (Å²) in [4.78, 5) is 4.79. The Labute approximate surface area is 120 Å². The first-order valence-corrected chi connectivity index (χ1v) is 7.11. The molecule has 2 aromatic rings. The number of benzene rings is 2. The fourth-order valence-electron chi connectivity index (χ4n) is 2.37. The van der Waals surface area contributed by atoms with Crippen molar-refractivity contribution in [2.45, 2.75) is 33.6 Å². The van der Waals surface area contributed by atoms with Crippen LogP contribution in [-0.4, -0.2) is 10.8 Å². The van der Waals surface area contributed by atoms with Crippen LogP contribution in [0, 0.1) is 0 Å². The van der Waals surface area contributed by atoms with Gasteiger partial charge in [0.1, 0.15) is 5.75 Å². The van der Waals surface area contributed by atoms with Gasteiger partial charge in [0, 0.05) is 11.3 Å². The van der Waals surface area contributed by atoms with E-state index in [1.54, 1.807) is 6.07 Å². The standard InChI is InChI=1S/C18H21NO/c1-4-14-9-8-10-15(5-2)18(14)19-13(3)16-11-6-7-12-17(16)20/h6-12,20H,4-5H2,1-3H3. The van der Waals surface area contributed by atoms with E-state index >= 15 is 0 Å². The van der Waals surface area contributed by atoms with E-state index in [1.807, 2.05) is 25.1 Å². The number of nitrogens with zero attached hydrogens (tertiary/aromatic N) is 1. The average Bonchev–Trinajstić information content (AvgIpc) is 2.47. The Kier molecular flexibility index (Phi) is 4.57. The molecule has 2 aromatic carbocycles. The minimum Gasteiger partial charge on any atom is -0.507 e. The summed E-state index contributed by atoms with van der Waals surface area (Å²) in [7, 11) is 0. The van der Waals surface area contributed by atoms with Gasteiger partial charge in [-0.05, 0) is 43.0 Å². The first-order chi connectivity index (χ1) is 9.67. The Bertz CT molecular complexity index is 607. The molecule has 0 heterocycles. The molecule has 0 aliphatic carbocycles. The van der Waals surface area contributed by atoms with Gasteiger partial charge in [0.25, 0.3) is 0 Å². The zero-order chi connectivity index (χ0) is 14.5. The minimum atomic E-state index is 0.278. The number of phenols is 1. The second-order valence-corrected chi connectivity index (χ2v) is 4.85. The lowest BCUT2D eigenvalue weighted by Crippen LogP contribution is -1.97. The number of aryl methyl sites for hydroxylation is 2. The van der Waals surface area contributed by atoms with Crippen LogP contribution in [0.15, 0.2) is 47.5 Å². The van der Waals surface area contributed by atoms with Gasteiger partial charge >= 0.3 is 0 Å². The van der Waals surface area contributed by atoms with E-state index in [0.717, 1.165) is 29.8 Å². The average molecular weight is 267 g/mol. The highest BCUT2D eigenvalue weighted by molar-refractivity contribution is 6.02. The fourth-order valence-corrected chi connectivity index (χ4v) is 2.37. The number of hydrogen-bond donors (Lipinski definition) is 1. The van der Waals surface area contributed by atoms with Crippen molar-refractivity contribution in [2.75, 3.05) is 0 Å². The Hall–Kier alpha value is -2.09. The van der Waals surface area contributed by atoms with Gasteiger partial charge in [0.2, 0.25) is 0 Å². The lowest BCUT2D eigenvalue weighted by atomic mass is 10.0. The van der Waals surface area contributed by atoms with Crippen molar-refractivity contribution in [1.29, 1.82) is 0 Å². The molecule has 20 heavy (non-hydrogen) atoms. The van der Waals surface area contributed by atoms with E-state index in [2.05, 4.69) is 32.0 Å². The predicted molar refractivity (Wildman–Crippen MR) is 85.2 cm³/mol. The summed E-state index contributed by atoms with van der Waals surface area (Å²) in [6.07, 6.45) is 1.92. The molecule has 2 nitrogen and oxygen atoms in total. The van der Waals surface area contributed by atoms with Crippen molar-refractivity contribution in [3.05, 3.63) is 59.2 Å². The maximum atomic E-state index is 9.93. The molecular formula is C18H21NO. The Morgan fingerprint density at radius 2 is 1.55 bits per heavy atom. The van der Waals surface area contributed by atoms with Gasteiger partial charge in [0.05, 0.1) is 5.69 Å². The quantitative estimate of drug-likeness (QED) is 0.803. The van der Waals surface area contributed by atoms with Gasteiger partial charge in [-0.25, -0.2) is 0 Å². The number of phenolic OH excluding ortho intramolecular Hbond substituents is 1. The third-order valence-corrected chi connectivity index (χ3v) is 3.54. The van der Waals surface area contributed by atoms with Crippen molar-refractivity contribution >= 4 is 11.4 Å². The topological polar surface area (TPSA) is 32.6 Å². The molecule has 0 spiro atoms. The van der Waals surface area contributed by atoms with Crippen LogP contribution >= 0.6 is 0 Å². The van der Waals surface area contributed by atoms with Gasteiger partial charge in [-0.3, -0.25) is 4.99 Å². The van der Waals surface area contributed by atoms with Crippen molar-refractivity contribution < 1.29 is 5.11 Å². The van der Waals surface area contributed by atoms with Crippen molar-refractivity contribution in [3.8, 4) is 5.75 Å². The molecule has 0 fully saturated rings. The summed E-state index contributed by atoms with van der Waals surface area (Å²) < 4.78 is 0. The van der Waals surface area contributed by atoms with Gasteiger partial charge in [-0.15, -0.1) is 0 Å². The van der Waals surface area contributed by atoms with Crippen LogP contribution in [0.3, 0.4) is 0 Å². The first kappa shape index (κ1) is 14.3. The Morgan fingerprint density at radius 3 is 2.10 bits per heavy atom. The maximum absolute atomic E-state index is 9.93. The number of aromatic hydroxyl groups is 1. The van der Waals surface area contributed by atoms with Crippen LogP contribution in [0.5, 0.6) is 5.75 Å². The summed E-state index contributed by atoms with van der Waals surface area (Å²) >= 11 is 0. The largest absolute Gasteiger partial charge is 0.507 e. The van der Waals surface area contributed by atoms with E-state index in [1.165, 1.54) is 11.1 Å². The van der Waals surface area contributed by atoms with Crippen LogP contribution in [0.25, 0.3) is 0 Å². The van der Waals surface area contributed by atoms with E-state index < -0.39 is 0 Å². The number of aliphatic imine (C=N–C) groups is 1. The molecule has 104 valence electrons. The number of rotatable bonds is 4. The molecule has 1 N–H and O–H groups in total. The van der Waals surface area contributed by atoms with Gasteiger partial charge < -0.3 is 5.11 Å². The molecule has 0 aliphatic heterocycles. The summed E-state index contributed by atoms with van der Waals surface area (Å²) in [5.41, 5.74) is 5.19. The number of para-hydroxylation sites is 2. The molecule has 0 atom stereocenters. The number of hydrogen-bond acceptors (Lipinski definition) is 2. The van der Waals surface area contributed by atoms with Crippen molar-refractivity contribution in [2.24, 2.45) is 4.99 Å². The van der Waals surface area contributed by atoms with Gasteiger partial charge in [-0.1, -0.05) is 44.2 Å². The maximum Gasteiger partial charge on any atom is 0.124 e. The highest BCUT2D eigenvalue weighted by Crippen LogP contribution is 2.28. The van der Waals surface area contributed by atoms with Crippen LogP contribution in [-0.2, 0) is 12.8 Å². The third-order valence-electron chi connectivity index (χ3n) is 3.54. The van der Waals surface area contributed by atoms with E-state index in [4.69, 9.17) is 4.99 Å². The van der Waals surface area contributed by atoms with Gasteiger partial charge in [-0.2, -0.15) is 0 Å². The highest BCUT2D eigenvalue weighted by Gasteiger charge is 2.08. The minimum absolute atomic E-state index is 0.278. The van der Waals surface area contributed by atoms with Crippen LogP contribution in [0.1, 0.15) is 37.5 Å². The first-order valence-electron chi connectivity index (χ1n) is 7.11. The molecular weight excluding hydrogens is 246 g/mol. The molecule has 0 amide bonds. The van der Waals surface area contributed by atoms with E-state index in [9.17, 15) is 5.11 Å². The molecule has 0 aliphatic rings. The Morgan fingerprint density at radius 1 is 0.950 bits per heavy atom. The van der Waals surface area contributed by atoms with E-state index in [-0.39, 0.29) is 5.75 Å². The van der Waals surface area contributed by atoms with Gasteiger partial charge in [0.15, 0.2) is 0 Å². The lowest BCUT2D eigenvalue weighted by molar-refractivity contribution is 0.474. The lowest BCUT2D eigenvalue weighted by Gasteiger charge is -2.11. The molecule has 0 unspecified atom stereocenters. The highest BCUT2D eigenvalue weighted by atomic mass is 16.3. The molecule has 0 radical (unpaired) electrons. The predicted octanol–water partition coefficient (Wildman–Crippen LogP) is 4.66. The molecule has 0 saturated heterocycles. The summed E-state index contributed by atoms with van der Waals surface area (Å²) in [6, 6.07) is 13.7. The molecule has 0 bridgehead atoms. The Balaban J connectivity index is 2.52. The summed E-state index contributed by atoms with van der Waals surface area (Å²) in [6.45, 7) is 6.23. The third kappa shape index (κ3) is 2.90. The zero-order valence-electron chi connectivity index (χ0n) is 12.4. The van der Waals surface area contributed by atoms with Crippen molar-refractivity contribution in [3.63, 3.8) is 0 Å². The van der Waals surface area contributed by atoms with Crippen LogP contribution in [0.4, 0.5) is 5.69 Å². The molecule has 2 rings (SSSR count). The normalized spacial score (nSPS) is 11.7. The van der Waals surface area contributed by atoms with Crippen LogP contribution < -0.4 is 0 Å². The summed E-state index contributed by atoms with van der Waals surface area (Å²) in [5.74, 6) is 0.278. The zero-order valence-corrected chi connectivity index (χ0v) is 12.4. The smallest absolute Gasteiger partial charge is 0.124 e. The molecule has 0 aromatic heterocycles. The summed E-state index contributed by atoms with van der Waals surface area (Å²) in [5, 5.41) is 9.93. The second-order valence-electron chi connectivity index (χ2n) is 4.85. The van der Waals surface area contributed by atoms with Crippen molar-refractivity contribution in [1.82, 2.24) is 0 Å². The monoisotopic (exact) mass is 267 g/mol. The fraction of sp³-hybridized carbons (Fsp3) is 0.278. The molecule has 0 saturated carbocycles.